The lowest BCUT2D eigenvalue weighted by molar-refractivity contribution is -0.122. The van der Waals surface area contributed by atoms with Crippen molar-refractivity contribution < 1.29 is 17.6 Å². The van der Waals surface area contributed by atoms with Crippen LogP contribution < -0.4 is 16.2 Å². The van der Waals surface area contributed by atoms with Crippen molar-refractivity contribution in [3.05, 3.63) is 70.7 Å². The van der Waals surface area contributed by atoms with Crippen LogP contribution in [0.2, 0.25) is 0 Å². The Balaban J connectivity index is 1.71. The zero-order chi connectivity index (χ0) is 20.3. The predicted octanol–water partition coefficient (Wildman–Crippen LogP) is 1.03. The normalized spacial score (nSPS) is 12.5. The molecule has 0 saturated heterocycles. The predicted molar refractivity (Wildman–Crippen MR) is 101 cm³/mol. The number of hydrogen-bond acceptors (Lipinski definition) is 6. The van der Waals surface area contributed by atoms with Crippen molar-refractivity contribution in [3.8, 4) is 11.5 Å². The Hall–Kier alpha value is -3.24. The first-order valence-corrected chi connectivity index (χ1v) is 9.84. The number of carbonyl (C=O) groups is 1. The second-order valence-electron chi connectivity index (χ2n) is 6.10. The van der Waals surface area contributed by atoms with Gasteiger partial charge in [-0.1, -0.05) is 30.3 Å². The molecule has 0 aliphatic heterocycles. The Morgan fingerprint density at radius 1 is 1.21 bits per heavy atom. The van der Waals surface area contributed by atoms with E-state index in [0.29, 0.717) is 11.1 Å². The van der Waals surface area contributed by atoms with Crippen LogP contribution in [0.4, 0.5) is 0 Å². The zero-order valence-corrected chi connectivity index (χ0v) is 15.7. The maximum absolute atomic E-state index is 12.3. The zero-order valence-electron chi connectivity index (χ0n) is 14.9. The minimum absolute atomic E-state index is 0.0497. The molecule has 3 rings (SSSR count). The largest absolute Gasteiger partial charge is 0.437 e. The van der Waals surface area contributed by atoms with E-state index < -0.39 is 27.7 Å². The lowest BCUT2D eigenvalue weighted by atomic mass is 10.1. The molecule has 0 aliphatic carbocycles. The lowest BCUT2D eigenvalue weighted by Gasteiger charge is -2.14. The van der Waals surface area contributed by atoms with Gasteiger partial charge in [-0.25, -0.2) is 18.4 Å². The quantitative estimate of drug-likeness (QED) is 0.632. The molecule has 146 valence electrons. The van der Waals surface area contributed by atoms with Gasteiger partial charge in [-0.15, -0.1) is 5.10 Å². The summed E-state index contributed by atoms with van der Waals surface area (Å²) in [7, 11) is -3.85. The summed E-state index contributed by atoms with van der Waals surface area (Å²) in [4.78, 5) is 24.2. The minimum atomic E-state index is -3.85. The molecular weight excluding hydrogens is 384 g/mol. The van der Waals surface area contributed by atoms with Crippen LogP contribution >= 0.6 is 0 Å². The second-order valence-corrected chi connectivity index (χ2v) is 7.66. The van der Waals surface area contributed by atoms with Gasteiger partial charge in [0.2, 0.25) is 21.8 Å². The third-order valence-corrected chi connectivity index (χ3v) is 4.90. The van der Waals surface area contributed by atoms with E-state index in [2.05, 4.69) is 10.4 Å². The average molecular weight is 402 g/mol. The number of carbonyl (C=O) groups excluding carboxylic acids is 1. The van der Waals surface area contributed by atoms with Crippen molar-refractivity contribution >= 4 is 15.9 Å². The van der Waals surface area contributed by atoms with Gasteiger partial charge in [-0.2, -0.15) is 4.68 Å². The SMILES string of the molecule is CC(NC(=O)Cn1nc(-c2ccccc2)oc1=O)c1cccc(S(N)(=O)=O)c1. The number of nitrogens with one attached hydrogen (secondary N) is 1. The highest BCUT2D eigenvalue weighted by atomic mass is 32.2. The van der Waals surface area contributed by atoms with E-state index in [0.717, 1.165) is 4.68 Å². The number of amides is 1. The van der Waals surface area contributed by atoms with Crippen molar-refractivity contribution in [2.75, 3.05) is 0 Å². The summed E-state index contributed by atoms with van der Waals surface area (Å²) < 4.78 is 28.9. The Bertz CT molecular complexity index is 1150. The Labute approximate surface area is 160 Å². The Kier molecular flexibility index (Phi) is 5.43. The van der Waals surface area contributed by atoms with Crippen LogP contribution in [0.15, 0.2) is 68.7 Å². The molecule has 28 heavy (non-hydrogen) atoms. The fourth-order valence-corrected chi connectivity index (χ4v) is 3.14. The molecule has 1 heterocycles. The third kappa shape index (κ3) is 4.53. The summed E-state index contributed by atoms with van der Waals surface area (Å²) >= 11 is 0. The van der Waals surface area contributed by atoms with Gasteiger partial charge >= 0.3 is 5.76 Å². The number of rotatable bonds is 6. The highest BCUT2D eigenvalue weighted by Crippen LogP contribution is 2.17. The first-order valence-electron chi connectivity index (χ1n) is 8.29. The standard InChI is InChI=1S/C18H18N4O5S/c1-12(14-8-5-9-15(10-14)28(19,25)26)20-16(23)11-22-18(24)27-17(21-22)13-6-3-2-4-7-13/h2-10,12H,11H2,1H3,(H,20,23)(H2,19,25,26). The highest BCUT2D eigenvalue weighted by molar-refractivity contribution is 7.89. The van der Waals surface area contributed by atoms with E-state index in [9.17, 15) is 18.0 Å². The summed E-state index contributed by atoms with van der Waals surface area (Å²) in [6.45, 7) is 1.34. The van der Waals surface area contributed by atoms with Crippen LogP contribution in [0.1, 0.15) is 18.5 Å². The number of nitrogens with zero attached hydrogens (tertiary/aromatic N) is 2. The van der Waals surface area contributed by atoms with E-state index in [1.54, 1.807) is 37.3 Å². The summed E-state index contributed by atoms with van der Waals surface area (Å²) in [5, 5.41) is 11.8. The Morgan fingerprint density at radius 3 is 2.61 bits per heavy atom. The Morgan fingerprint density at radius 2 is 1.93 bits per heavy atom. The first kappa shape index (κ1) is 19.5. The van der Waals surface area contributed by atoms with Gasteiger partial charge in [0.1, 0.15) is 6.54 Å². The molecule has 1 amide bonds. The summed E-state index contributed by atoms with van der Waals surface area (Å²) in [5.41, 5.74) is 1.17. The molecule has 0 radical (unpaired) electrons. The van der Waals surface area contributed by atoms with Gasteiger partial charge in [0.05, 0.1) is 10.9 Å². The molecule has 9 nitrogen and oxygen atoms in total. The fraction of sp³-hybridized carbons (Fsp3) is 0.167. The monoisotopic (exact) mass is 402 g/mol. The molecule has 1 aromatic heterocycles. The topological polar surface area (TPSA) is 137 Å². The van der Waals surface area contributed by atoms with E-state index >= 15 is 0 Å². The van der Waals surface area contributed by atoms with E-state index in [-0.39, 0.29) is 17.3 Å². The highest BCUT2D eigenvalue weighted by Gasteiger charge is 2.16. The van der Waals surface area contributed by atoms with Crippen LogP contribution in [-0.2, 0) is 21.4 Å². The minimum Gasteiger partial charge on any atom is -0.388 e. The lowest BCUT2D eigenvalue weighted by Crippen LogP contribution is -2.33. The summed E-state index contributed by atoms with van der Waals surface area (Å²) in [6.07, 6.45) is 0. The molecule has 2 aromatic carbocycles. The smallest absolute Gasteiger partial charge is 0.388 e. The fourth-order valence-electron chi connectivity index (χ4n) is 2.57. The number of aromatic nitrogens is 2. The summed E-state index contributed by atoms with van der Waals surface area (Å²) in [6, 6.07) is 14.3. The van der Waals surface area contributed by atoms with Gasteiger partial charge < -0.3 is 9.73 Å². The number of sulfonamides is 1. The average Bonchev–Trinajstić information content (AvgIpc) is 3.02. The maximum Gasteiger partial charge on any atom is 0.437 e. The molecule has 3 aromatic rings. The van der Waals surface area contributed by atoms with Gasteiger partial charge in [0.15, 0.2) is 0 Å². The van der Waals surface area contributed by atoms with Crippen molar-refractivity contribution in [3.63, 3.8) is 0 Å². The molecule has 0 spiro atoms. The third-order valence-electron chi connectivity index (χ3n) is 3.98. The van der Waals surface area contributed by atoms with Crippen LogP contribution in [0.3, 0.4) is 0 Å². The molecule has 0 fully saturated rings. The maximum atomic E-state index is 12.3. The molecule has 1 atom stereocenters. The molecule has 3 N–H and O–H groups in total. The van der Waals surface area contributed by atoms with E-state index in [4.69, 9.17) is 9.56 Å². The van der Waals surface area contributed by atoms with Crippen LogP contribution in [-0.4, -0.2) is 24.1 Å². The van der Waals surface area contributed by atoms with Crippen molar-refractivity contribution in [1.82, 2.24) is 15.1 Å². The van der Waals surface area contributed by atoms with Crippen molar-refractivity contribution in [2.45, 2.75) is 24.4 Å². The molecule has 10 heteroatoms. The number of nitrogens with two attached hydrogens (primary N) is 1. The van der Waals surface area contributed by atoms with E-state index in [1.807, 2.05) is 6.07 Å². The molecule has 0 bridgehead atoms. The van der Waals surface area contributed by atoms with Gasteiger partial charge in [-0.3, -0.25) is 4.79 Å². The van der Waals surface area contributed by atoms with Crippen molar-refractivity contribution in [1.29, 1.82) is 0 Å². The second kappa shape index (κ2) is 7.79. The van der Waals surface area contributed by atoms with Gasteiger partial charge in [0, 0.05) is 5.56 Å². The number of benzene rings is 2. The molecule has 0 aliphatic rings. The van der Waals surface area contributed by atoms with Gasteiger partial charge in [0.25, 0.3) is 0 Å². The summed E-state index contributed by atoms with van der Waals surface area (Å²) in [5.74, 6) is -1.12. The van der Waals surface area contributed by atoms with Crippen LogP contribution in [0.5, 0.6) is 0 Å². The molecule has 0 saturated carbocycles. The van der Waals surface area contributed by atoms with Crippen LogP contribution in [0.25, 0.3) is 11.5 Å². The number of hydrogen-bond donors (Lipinski definition) is 2. The molecule has 1 unspecified atom stereocenters. The number of primary sulfonamides is 1. The first-order chi connectivity index (χ1) is 13.2. The van der Waals surface area contributed by atoms with Crippen LogP contribution in [0, 0.1) is 0 Å². The van der Waals surface area contributed by atoms with Gasteiger partial charge in [-0.05, 0) is 36.8 Å². The van der Waals surface area contributed by atoms with E-state index in [1.165, 1.54) is 18.2 Å². The molecular formula is C18H18N4O5S. The van der Waals surface area contributed by atoms with Crippen molar-refractivity contribution in [2.24, 2.45) is 5.14 Å².